The maximum Gasteiger partial charge on any atom is 0.253 e. The van der Waals surface area contributed by atoms with E-state index in [-0.39, 0.29) is 11.9 Å². The molecule has 1 heterocycles. The predicted molar refractivity (Wildman–Crippen MR) is 94.1 cm³/mol. The summed E-state index contributed by atoms with van der Waals surface area (Å²) in [7, 11) is 3.45. The van der Waals surface area contributed by atoms with Crippen LogP contribution in [0.3, 0.4) is 0 Å². The zero-order valence-corrected chi connectivity index (χ0v) is 14.2. The minimum absolute atomic E-state index is 0.0390. The minimum atomic E-state index is -0.105. The van der Waals surface area contributed by atoms with Crippen molar-refractivity contribution in [2.45, 2.75) is 13.0 Å². The molecule has 1 aliphatic rings. The second kappa shape index (κ2) is 6.79. The topological polar surface area (TPSA) is 38.8 Å². The van der Waals surface area contributed by atoms with Crippen molar-refractivity contribution in [1.82, 2.24) is 4.90 Å². The Hall–Kier alpha value is -2.75. The molecule has 0 aliphatic carbocycles. The Labute approximate surface area is 142 Å². The van der Waals surface area contributed by atoms with Gasteiger partial charge >= 0.3 is 0 Å². The van der Waals surface area contributed by atoms with Crippen molar-refractivity contribution in [3.63, 3.8) is 0 Å². The lowest BCUT2D eigenvalue weighted by Crippen LogP contribution is -2.33. The molecule has 0 spiro atoms. The highest BCUT2D eigenvalue weighted by atomic mass is 16.5. The maximum atomic E-state index is 12.9. The molecule has 24 heavy (non-hydrogen) atoms. The Morgan fingerprint density at radius 2 is 1.88 bits per heavy atom. The van der Waals surface area contributed by atoms with Crippen molar-refractivity contribution in [3.8, 4) is 11.5 Å². The van der Waals surface area contributed by atoms with Crippen LogP contribution in [0.2, 0.25) is 0 Å². The molecule has 0 fully saturated rings. The largest absolute Gasteiger partial charge is 0.496 e. The summed E-state index contributed by atoms with van der Waals surface area (Å²) in [6.45, 7) is 2.28. The average molecular weight is 323 g/mol. The molecule has 0 N–H and O–H groups in total. The molecule has 1 aliphatic heterocycles. The highest BCUT2D eigenvalue weighted by Gasteiger charge is 2.25. The first-order chi connectivity index (χ1) is 11.6. The molecule has 4 nitrogen and oxygen atoms in total. The van der Waals surface area contributed by atoms with Crippen LogP contribution in [-0.2, 0) is 4.79 Å². The van der Waals surface area contributed by atoms with Crippen LogP contribution in [0.1, 0.15) is 24.1 Å². The van der Waals surface area contributed by atoms with E-state index in [4.69, 9.17) is 9.47 Å². The van der Waals surface area contributed by atoms with Gasteiger partial charge in [-0.15, -0.1) is 0 Å². The molecule has 1 unspecified atom stereocenters. The highest BCUT2D eigenvalue weighted by molar-refractivity contribution is 5.99. The summed E-state index contributed by atoms with van der Waals surface area (Å²) in [6.07, 6.45) is 1.91. The van der Waals surface area contributed by atoms with E-state index < -0.39 is 0 Å². The smallest absolute Gasteiger partial charge is 0.253 e. The summed E-state index contributed by atoms with van der Waals surface area (Å²) >= 11 is 0. The SMILES string of the molecule is COc1ccccc1C(C)N(C)C(=O)C1=Cc2ccccc2OC1. The number of benzene rings is 2. The van der Waals surface area contributed by atoms with Gasteiger partial charge in [-0.25, -0.2) is 0 Å². The van der Waals surface area contributed by atoms with Crippen molar-refractivity contribution in [2.75, 3.05) is 20.8 Å². The van der Waals surface area contributed by atoms with E-state index >= 15 is 0 Å². The lowest BCUT2D eigenvalue weighted by atomic mass is 10.0. The van der Waals surface area contributed by atoms with Gasteiger partial charge in [-0.3, -0.25) is 4.79 Å². The summed E-state index contributed by atoms with van der Waals surface area (Å²) in [5.74, 6) is 1.56. The maximum absolute atomic E-state index is 12.9. The molecular weight excluding hydrogens is 302 g/mol. The molecule has 2 aromatic rings. The number of carbonyl (C=O) groups excluding carboxylic acids is 1. The number of fused-ring (bicyclic) bond motifs is 1. The first kappa shape index (κ1) is 16.1. The van der Waals surface area contributed by atoms with E-state index in [1.807, 2.05) is 61.5 Å². The van der Waals surface area contributed by atoms with Crippen molar-refractivity contribution in [1.29, 1.82) is 0 Å². The van der Waals surface area contributed by atoms with Gasteiger partial charge in [0.15, 0.2) is 0 Å². The lowest BCUT2D eigenvalue weighted by Gasteiger charge is -2.28. The van der Waals surface area contributed by atoms with Gasteiger partial charge in [0.1, 0.15) is 18.1 Å². The first-order valence-electron chi connectivity index (χ1n) is 7.94. The summed E-state index contributed by atoms with van der Waals surface area (Å²) in [5.41, 5.74) is 2.57. The lowest BCUT2D eigenvalue weighted by molar-refractivity contribution is -0.128. The third-order valence-corrected chi connectivity index (χ3v) is 4.40. The molecule has 1 amide bonds. The van der Waals surface area contributed by atoms with Gasteiger partial charge in [-0.2, -0.15) is 0 Å². The first-order valence-corrected chi connectivity index (χ1v) is 7.94. The number of rotatable bonds is 4. The second-order valence-electron chi connectivity index (χ2n) is 5.83. The zero-order valence-electron chi connectivity index (χ0n) is 14.2. The van der Waals surface area contributed by atoms with E-state index in [9.17, 15) is 4.79 Å². The number of methoxy groups -OCH3 is 1. The van der Waals surface area contributed by atoms with Crippen molar-refractivity contribution in [3.05, 3.63) is 65.2 Å². The van der Waals surface area contributed by atoms with Crippen LogP contribution in [0.5, 0.6) is 11.5 Å². The van der Waals surface area contributed by atoms with E-state index in [1.165, 1.54) is 0 Å². The van der Waals surface area contributed by atoms with Crippen LogP contribution >= 0.6 is 0 Å². The Morgan fingerprint density at radius 3 is 2.67 bits per heavy atom. The van der Waals surface area contributed by atoms with E-state index in [2.05, 4.69) is 0 Å². The van der Waals surface area contributed by atoms with Gasteiger partial charge in [-0.1, -0.05) is 36.4 Å². The van der Waals surface area contributed by atoms with E-state index in [0.717, 1.165) is 22.6 Å². The van der Waals surface area contributed by atoms with Crippen LogP contribution in [0.15, 0.2) is 54.1 Å². The Kier molecular flexibility index (Phi) is 4.56. The molecule has 0 saturated heterocycles. The quantitative estimate of drug-likeness (QED) is 0.861. The van der Waals surface area contributed by atoms with Gasteiger partial charge in [0, 0.05) is 18.2 Å². The van der Waals surface area contributed by atoms with E-state index in [1.54, 1.807) is 19.1 Å². The molecule has 0 bridgehead atoms. The Morgan fingerprint density at radius 1 is 1.17 bits per heavy atom. The zero-order chi connectivity index (χ0) is 17.1. The summed E-state index contributed by atoms with van der Waals surface area (Å²) in [6, 6.07) is 15.4. The van der Waals surface area contributed by atoms with E-state index in [0.29, 0.717) is 12.2 Å². The fraction of sp³-hybridized carbons (Fsp3) is 0.250. The highest BCUT2D eigenvalue weighted by Crippen LogP contribution is 2.31. The van der Waals surface area contributed by atoms with Crippen LogP contribution < -0.4 is 9.47 Å². The minimum Gasteiger partial charge on any atom is -0.496 e. The normalized spacial score (nSPS) is 14.0. The second-order valence-corrected chi connectivity index (χ2v) is 5.83. The van der Waals surface area contributed by atoms with Crippen molar-refractivity contribution >= 4 is 12.0 Å². The molecule has 0 saturated carbocycles. The number of hydrogen-bond acceptors (Lipinski definition) is 3. The van der Waals surface area contributed by atoms with Gasteiger partial charge in [-0.05, 0) is 25.1 Å². The van der Waals surface area contributed by atoms with Crippen LogP contribution in [0, 0.1) is 0 Å². The number of hydrogen-bond donors (Lipinski definition) is 0. The van der Waals surface area contributed by atoms with Gasteiger partial charge in [0.25, 0.3) is 5.91 Å². The van der Waals surface area contributed by atoms with Crippen LogP contribution in [-0.4, -0.2) is 31.6 Å². The molecule has 1 atom stereocenters. The molecule has 0 aromatic heterocycles. The van der Waals surface area contributed by atoms with Crippen molar-refractivity contribution in [2.24, 2.45) is 0 Å². The van der Waals surface area contributed by atoms with Gasteiger partial charge < -0.3 is 14.4 Å². The summed E-state index contributed by atoms with van der Waals surface area (Å²) in [4.78, 5) is 14.6. The number of amides is 1. The average Bonchev–Trinajstić information content (AvgIpc) is 2.65. The summed E-state index contributed by atoms with van der Waals surface area (Å²) in [5, 5.41) is 0. The third-order valence-electron chi connectivity index (χ3n) is 4.40. The summed E-state index contributed by atoms with van der Waals surface area (Å²) < 4.78 is 11.1. The molecule has 4 heteroatoms. The molecule has 0 radical (unpaired) electrons. The Balaban J connectivity index is 1.84. The van der Waals surface area contributed by atoms with Crippen LogP contribution in [0.4, 0.5) is 0 Å². The molecular formula is C20H21NO3. The number of carbonyl (C=O) groups is 1. The fourth-order valence-electron chi connectivity index (χ4n) is 2.86. The number of para-hydroxylation sites is 2. The Bertz CT molecular complexity index is 782. The standard InChI is InChI=1S/C20H21NO3/c1-14(17-9-5-7-11-19(17)23-3)21(2)20(22)16-12-15-8-4-6-10-18(15)24-13-16/h4-12,14H,13H2,1-3H3. The predicted octanol–water partition coefficient (Wildman–Crippen LogP) is 3.69. The molecule has 2 aromatic carbocycles. The van der Waals surface area contributed by atoms with Gasteiger partial charge in [0.05, 0.1) is 18.7 Å². The molecule has 3 rings (SSSR count). The van der Waals surface area contributed by atoms with Gasteiger partial charge in [0.2, 0.25) is 0 Å². The molecule has 124 valence electrons. The van der Waals surface area contributed by atoms with Crippen molar-refractivity contribution < 1.29 is 14.3 Å². The number of ether oxygens (including phenoxy) is 2. The third kappa shape index (κ3) is 3.00. The monoisotopic (exact) mass is 323 g/mol. The fourth-order valence-corrected chi connectivity index (χ4v) is 2.86. The van der Waals surface area contributed by atoms with Crippen LogP contribution in [0.25, 0.3) is 6.08 Å². The number of nitrogens with zero attached hydrogens (tertiary/aromatic N) is 1. The number of likely N-dealkylation sites (N-methyl/N-ethyl adjacent to an activating group) is 1.